The fourth-order valence-corrected chi connectivity index (χ4v) is 4.79. The summed E-state index contributed by atoms with van der Waals surface area (Å²) in [5.74, 6) is 0.133. The first kappa shape index (κ1) is 25.2. The minimum absolute atomic E-state index is 0.0800. The molecule has 1 fully saturated rings. The second-order valence-corrected chi connectivity index (χ2v) is 8.84. The maximum absolute atomic E-state index is 14.2. The summed E-state index contributed by atoms with van der Waals surface area (Å²) in [6.07, 6.45) is 2.31. The van der Waals surface area contributed by atoms with Crippen molar-refractivity contribution in [2.75, 3.05) is 26.8 Å². The molecule has 0 aliphatic carbocycles. The van der Waals surface area contributed by atoms with Crippen LogP contribution in [0.2, 0.25) is 0 Å². The second kappa shape index (κ2) is 10.3. The largest absolute Gasteiger partial charge is 0.493 e. The van der Waals surface area contributed by atoms with Crippen molar-refractivity contribution in [3.05, 3.63) is 70.1 Å². The van der Waals surface area contributed by atoms with E-state index in [1.54, 1.807) is 38.1 Å². The van der Waals surface area contributed by atoms with Crippen molar-refractivity contribution in [3.8, 4) is 11.6 Å². The minimum atomic E-state index is -0.491. The lowest BCUT2D eigenvalue weighted by atomic mass is 10.1. The zero-order valence-corrected chi connectivity index (χ0v) is 20.9. The quantitative estimate of drug-likeness (QED) is 0.495. The Morgan fingerprint density at radius 1 is 1.36 bits per heavy atom. The normalized spacial score (nSPS) is 19.6. The highest BCUT2D eigenvalue weighted by Crippen LogP contribution is 2.32. The van der Waals surface area contributed by atoms with Gasteiger partial charge in [0.05, 0.1) is 43.3 Å². The molecule has 0 bridgehead atoms. The van der Waals surface area contributed by atoms with E-state index < -0.39 is 5.82 Å². The molecule has 1 saturated heterocycles. The van der Waals surface area contributed by atoms with Crippen molar-refractivity contribution < 1.29 is 23.4 Å². The summed E-state index contributed by atoms with van der Waals surface area (Å²) in [6.45, 7) is 6.89. The molecule has 0 amide bonds. The zero-order chi connectivity index (χ0) is 26.0. The number of fused-ring (bicyclic) bond motifs is 1. The van der Waals surface area contributed by atoms with Crippen molar-refractivity contribution >= 4 is 11.7 Å². The van der Waals surface area contributed by atoms with Crippen LogP contribution in [0.3, 0.4) is 0 Å². The monoisotopic (exact) mass is 497 g/mol. The third-order valence-electron chi connectivity index (χ3n) is 6.40. The molecule has 2 aliphatic rings. The van der Waals surface area contributed by atoms with Gasteiger partial charge in [0.15, 0.2) is 11.6 Å². The molecule has 0 saturated carbocycles. The molecule has 5 N–H and O–H groups in total. The van der Waals surface area contributed by atoms with Crippen molar-refractivity contribution in [2.24, 2.45) is 11.5 Å². The number of halogens is 1. The number of nitrogens with two attached hydrogens (primary N) is 2. The Morgan fingerprint density at radius 3 is 2.83 bits per heavy atom. The second-order valence-electron chi connectivity index (χ2n) is 8.84. The van der Waals surface area contributed by atoms with E-state index in [1.165, 1.54) is 13.2 Å². The smallest absolute Gasteiger partial charge is 0.340 e. The Labute approximate surface area is 209 Å². The van der Waals surface area contributed by atoms with Gasteiger partial charge in [0.25, 0.3) is 0 Å². The van der Waals surface area contributed by atoms with Crippen LogP contribution in [0, 0.1) is 19.7 Å². The number of para-hydroxylation sites is 1. The predicted molar refractivity (Wildman–Crippen MR) is 134 cm³/mol. The van der Waals surface area contributed by atoms with Gasteiger partial charge in [-0.25, -0.2) is 14.2 Å². The van der Waals surface area contributed by atoms with Crippen LogP contribution >= 0.6 is 0 Å². The summed E-state index contributed by atoms with van der Waals surface area (Å²) in [5, 5.41) is 3.22. The van der Waals surface area contributed by atoms with Crippen LogP contribution in [0.1, 0.15) is 40.5 Å². The summed E-state index contributed by atoms with van der Waals surface area (Å²) in [4.78, 5) is 18.9. The lowest BCUT2D eigenvalue weighted by Gasteiger charge is -2.34. The summed E-state index contributed by atoms with van der Waals surface area (Å²) in [6, 6.07) is 6.48. The van der Waals surface area contributed by atoms with Crippen LogP contribution < -0.4 is 26.3 Å². The number of nitrogens with zero attached hydrogens (tertiary/aromatic N) is 2. The Kier molecular flexibility index (Phi) is 7.23. The van der Waals surface area contributed by atoms with Crippen molar-refractivity contribution in [3.63, 3.8) is 0 Å². The van der Waals surface area contributed by atoms with E-state index in [2.05, 4.69) is 15.2 Å². The molecule has 2 aliphatic heterocycles. The van der Waals surface area contributed by atoms with Gasteiger partial charge >= 0.3 is 5.97 Å². The fraction of sp³-hybridized carbons (Fsp3) is 0.385. The third kappa shape index (κ3) is 4.89. The van der Waals surface area contributed by atoms with Crippen LogP contribution in [0.15, 0.2) is 41.9 Å². The number of methoxy groups -OCH3 is 1. The number of carbonyl (C=O) groups excluding carboxylic acids is 1. The van der Waals surface area contributed by atoms with E-state index in [4.69, 9.17) is 25.7 Å². The maximum Gasteiger partial charge on any atom is 0.340 e. The molecule has 1 aromatic heterocycles. The maximum atomic E-state index is 14.2. The molecule has 4 rings (SSSR count). The van der Waals surface area contributed by atoms with Gasteiger partial charge in [-0.2, -0.15) is 0 Å². The average Bonchev–Trinajstić information content (AvgIpc) is 3.23. The Balaban J connectivity index is 1.54. The number of carbonyl (C=O) groups is 1. The van der Waals surface area contributed by atoms with Gasteiger partial charge in [-0.05, 0) is 44.5 Å². The van der Waals surface area contributed by atoms with Crippen molar-refractivity contribution in [1.82, 2.24) is 15.2 Å². The van der Waals surface area contributed by atoms with Crippen LogP contribution in [0.4, 0.5) is 4.39 Å². The summed E-state index contributed by atoms with van der Waals surface area (Å²) >= 11 is 0. The van der Waals surface area contributed by atoms with E-state index in [0.717, 1.165) is 12.0 Å². The predicted octanol–water partition coefficient (Wildman–Crippen LogP) is 2.58. The molecule has 9 nitrogen and oxygen atoms in total. The van der Waals surface area contributed by atoms with Gasteiger partial charge in [0.1, 0.15) is 11.9 Å². The molecule has 2 unspecified atom stereocenters. The molecule has 192 valence electrons. The molecule has 3 heterocycles. The summed E-state index contributed by atoms with van der Waals surface area (Å²) in [5.41, 5.74) is 15.9. The number of rotatable bonds is 7. The number of aryl methyl sites for hydroxylation is 2. The first-order chi connectivity index (χ1) is 17.2. The zero-order valence-electron chi connectivity index (χ0n) is 20.9. The standard InChI is InChI=1S/C26H32FN5O4/c1-5-35-26(33)23-14(2)9-22(31-15(23)3)36-17-10-16-12-30-25(29)21(32(16)13-17)11-20(28)18-7-6-8-19(27)24(18)34-4/h6-9,11,16-17,30H,5,10,12-13,28-29H2,1-4H3/b20-11-. The molecule has 2 atom stereocenters. The molecule has 0 radical (unpaired) electrons. The molecule has 0 spiro atoms. The lowest BCUT2D eigenvalue weighted by Crippen LogP contribution is -2.45. The van der Waals surface area contributed by atoms with E-state index in [9.17, 15) is 9.18 Å². The molecule has 2 aromatic rings. The lowest BCUT2D eigenvalue weighted by molar-refractivity contribution is 0.0524. The molecule has 36 heavy (non-hydrogen) atoms. The van der Waals surface area contributed by atoms with Gasteiger partial charge in [-0.15, -0.1) is 0 Å². The van der Waals surface area contributed by atoms with Gasteiger partial charge in [-0.1, -0.05) is 6.07 Å². The van der Waals surface area contributed by atoms with Crippen LogP contribution in [-0.4, -0.2) is 54.8 Å². The highest BCUT2D eigenvalue weighted by molar-refractivity contribution is 5.92. The average molecular weight is 498 g/mol. The van der Waals surface area contributed by atoms with Crippen LogP contribution in [0.25, 0.3) is 5.70 Å². The number of esters is 1. The number of allylic oxidation sites excluding steroid dienone is 1. The van der Waals surface area contributed by atoms with Gasteiger partial charge in [-0.3, -0.25) is 0 Å². The topological polar surface area (TPSA) is 125 Å². The van der Waals surface area contributed by atoms with E-state index in [1.807, 2.05) is 6.92 Å². The number of hydrogen-bond acceptors (Lipinski definition) is 9. The highest BCUT2D eigenvalue weighted by Gasteiger charge is 2.38. The molecule has 1 aromatic carbocycles. The number of hydrogen-bond donors (Lipinski definition) is 3. The number of benzene rings is 1. The van der Waals surface area contributed by atoms with E-state index in [-0.39, 0.29) is 23.9 Å². The highest BCUT2D eigenvalue weighted by atomic mass is 19.1. The van der Waals surface area contributed by atoms with Gasteiger partial charge < -0.3 is 35.9 Å². The SMILES string of the molecule is CCOC(=O)c1c(C)cc(OC2CC3CNC(N)=C(/C=C(\N)c4cccc(F)c4OC)N3C2)nc1C. The Bertz CT molecular complexity index is 1210. The van der Waals surface area contributed by atoms with Gasteiger partial charge in [0, 0.05) is 30.3 Å². The fourth-order valence-electron chi connectivity index (χ4n) is 4.79. The number of pyridine rings is 1. The Hall–Kier alpha value is -3.95. The number of aromatic nitrogens is 1. The molecule has 10 heteroatoms. The number of nitrogens with one attached hydrogen (secondary N) is 1. The van der Waals surface area contributed by atoms with Crippen LogP contribution in [-0.2, 0) is 4.74 Å². The molecular formula is C26H32FN5O4. The summed E-state index contributed by atoms with van der Waals surface area (Å²) < 4.78 is 30.8. The van der Waals surface area contributed by atoms with Crippen molar-refractivity contribution in [1.29, 1.82) is 0 Å². The third-order valence-corrected chi connectivity index (χ3v) is 6.40. The molecular weight excluding hydrogens is 465 g/mol. The van der Waals surface area contributed by atoms with Gasteiger partial charge in [0.2, 0.25) is 5.88 Å². The van der Waals surface area contributed by atoms with E-state index in [0.29, 0.717) is 59.6 Å². The van der Waals surface area contributed by atoms with E-state index >= 15 is 0 Å². The minimum Gasteiger partial charge on any atom is -0.493 e. The van der Waals surface area contributed by atoms with Crippen LogP contribution in [0.5, 0.6) is 11.6 Å². The summed E-state index contributed by atoms with van der Waals surface area (Å²) in [7, 11) is 1.40. The first-order valence-electron chi connectivity index (χ1n) is 11.9. The number of ether oxygens (including phenoxy) is 3. The first-order valence-corrected chi connectivity index (χ1v) is 11.9. The van der Waals surface area contributed by atoms with Crippen molar-refractivity contribution in [2.45, 2.75) is 39.3 Å². The Morgan fingerprint density at radius 2 is 2.14 bits per heavy atom.